The van der Waals surface area contributed by atoms with E-state index in [0.717, 1.165) is 11.1 Å². The summed E-state index contributed by atoms with van der Waals surface area (Å²) in [5.74, 6) is -1.25. The number of epoxide rings is 1. The van der Waals surface area contributed by atoms with Crippen LogP contribution in [0, 0.1) is 5.92 Å². The van der Waals surface area contributed by atoms with Crippen LogP contribution >= 0.6 is 24.2 Å². The molecule has 12 nitrogen and oxygen atoms in total. The number of carbonyl (C=O) groups is 4. The highest BCUT2D eigenvalue weighted by Gasteiger charge is 2.64. The highest BCUT2D eigenvalue weighted by Crippen LogP contribution is 2.49. The second kappa shape index (κ2) is 16.8. The van der Waals surface area contributed by atoms with Crippen LogP contribution < -0.4 is 15.0 Å². The first-order valence-electron chi connectivity index (χ1n) is 17.6. The number of allylic oxidation sites excluding steroid dienone is 3. The normalized spacial score (nSPS) is 30.5. The molecule has 0 aliphatic carbocycles. The van der Waals surface area contributed by atoms with Crippen molar-refractivity contribution in [3.05, 3.63) is 46.5 Å². The van der Waals surface area contributed by atoms with E-state index in [1.807, 2.05) is 58.1 Å². The van der Waals surface area contributed by atoms with E-state index in [9.17, 15) is 19.2 Å². The molecule has 8 atom stereocenters. The van der Waals surface area contributed by atoms with E-state index in [-0.39, 0.29) is 46.4 Å². The maximum Gasteiger partial charge on any atom is 0.407 e. The van der Waals surface area contributed by atoms with Crippen LogP contribution in [-0.4, -0.2) is 104 Å². The maximum absolute atomic E-state index is 14.1. The fourth-order valence-corrected chi connectivity index (χ4v) is 7.18. The third-order valence-electron chi connectivity index (χ3n) is 10.4. The summed E-state index contributed by atoms with van der Waals surface area (Å²) in [6.07, 6.45) is 4.00. The number of methoxy groups -OCH3 is 2. The molecule has 4 rings (SSSR count). The van der Waals surface area contributed by atoms with Crippen LogP contribution in [0.3, 0.4) is 0 Å². The summed E-state index contributed by atoms with van der Waals surface area (Å²) in [6, 6.07) is 2.33. The number of fused-ring (bicyclic) bond motifs is 5. The fraction of sp³-hybridized carbons (Fsp3) is 0.632. The molecule has 2 saturated heterocycles. The Bertz CT molecular complexity index is 1580. The molecule has 288 valence electrons. The SMILES string of the molecule is COc1cc2cc(c1Cl)N(C)C(=O)C[C@H](OC(=O)[C@H](C)N(C)C(=O)CCC(C)(C)S)[C@]1(C)O[C@H]1[C@H](C)C1CC(NC(=O)O1)[C@H](OC)/C=C/C=C(\C)C2. The average molecular weight is 764 g/mol. The molecule has 3 aliphatic rings. The average Bonchev–Trinajstić information content (AvgIpc) is 3.79. The van der Waals surface area contributed by atoms with Gasteiger partial charge in [0.25, 0.3) is 0 Å². The Labute approximate surface area is 317 Å². The first-order valence-corrected chi connectivity index (χ1v) is 18.4. The lowest BCUT2D eigenvalue weighted by molar-refractivity contribution is -0.162. The molecule has 14 heteroatoms. The smallest absolute Gasteiger partial charge is 0.407 e. The van der Waals surface area contributed by atoms with Gasteiger partial charge in [-0.25, -0.2) is 9.59 Å². The molecule has 3 heterocycles. The number of anilines is 1. The summed E-state index contributed by atoms with van der Waals surface area (Å²) >= 11 is 11.3. The molecule has 52 heavy (non-hydrogen) atoms. The predicted octanol–water partition coefficient (Wildman–Crippen LogP) is 5.68. The standard InChI is InChI=1S/C38H54ClN3O9S/c1-21-12-11-13-27(47-9)25-19-28(49-36(46)40-25)22(2)34-38(6,51-34)30(50-35(45)23(3)41(7)31(43)14-15-37(4,5)52)20-32(44)42(8)26-17-24(16-21)18-29(48-10)33(26)39/h11-13,17-18,22-23,25,27-28,30,34,52H,14-16,19-20H2,1-10H3,(H,40,46)/b13-11+,21-12+/t22-,23+,25?,27-,28?,30+,34+,38+/m1/s1. The van der Waals surface area contributed by atoms with Gasteiger partial charge in [0.15, 0.2) is 0 Å². The highest BCUT2D eigenvalue weighted by molar-refractivity contribution is 7.81. The van der Waals surface area contributed by atoms with E-state index in [1.54, 1.807) is 35.1 Å². The first-order chi connectivity index (χ1) is 24.3. The van der Waals surface area contributed by atoms with Gasteiger partial charge >= 0.3 is 12.1 Å². The Morgan fingerprint density at radius 2 is 1.94 bits per heavy atom. The Kier molecular flexibility index (Phi) is 13.4. The van der Waals surface area contributed by atoms with Gasteiger partial charge < -0.3 is 38.8 Å². The lowest BCUT2D eigenvalue weighted by atomic mass is 9.84. The van der Waals surface area contributed by atoms with Gasteiger partial charge in [0.2, 0.25) is 11.8 Å². The topological polar surface area (TPSA) is 136 Å². The minimum Gasteiger partial charge on any atom is -0.495 e. The van der Waals surface area contributed by atoms with E-state index in [0.29, 0.717) is 30.7 Å². The van der Waals surface area contributed by atoms with Gasteiger partial charge in [-0.1, -0.05) is 56.2 Å². The summed E-state index contributed by atoms with van der Waals surface area (Å²) < 4.78 is 29.2. The molecular formula is C38H54ClN3O9S. The number of ether oxygens (including phenoxy) is 5. The maximum atomic E-state index is 14.1. The molecule has 1 aromatic carbocycles. The number of nitrogens with zero attached hydrogens (tertiary/aromatic N) is 2. The lowest BCUT2D eigenvalue weighted by Crippen LogP contribution is -2.53. The summed E-state index contributed by atoms with van der Waals surface area (Å²) in [4.78, 5) is 56.5. The van der Waals surface area contributed by atoms with Crippen LogP contribution in [0.2, 0.25) is 5.02 Å². The number of esters is 1. The van der Waals surface area contributed by atoms with Gasteiger partial charge in [-0.15, -0.1) is 0 Å². The van der Waals surface area contributed by atoms with Crippen molar-refractivity contribution in [1.29, 1.82) is 0 Å². The second-order valence-electron chi connectivity index (χ2n) is 15.0. The van der Waals surface area contributed by atoms with Gasteiger partial charge in [-0.2, -0.15) is 12.6 Å². The minimum atomic E-state index is -1.12. The van der Waals surface area contributed by atoms with Crippen LogP contribution in [0.4, 0.5) is 10.5 Å². The first kappa shape index (κ1) is 41.5. The van der Waals surface area contributed by atoms with E-state index in [1.165, 1.54) is 16.9 Å². The molecule has 2 unspecified atom stereocenters. The van der Waals surface area contributed by atoms with E-state index in [4.69, 9.17) is 35.3 Å². The number of alkyl carbamates (subject to hydrolysis) is 1. The van der Waals surface area contributed by atoms with Gasteiger partial charge in [-0.3, -0.25) is 9.59 Å². The van der Waals surface area contributed by atoms with E-state index < -0.39 is 48.1 Å². The van der Waals surface area contributed by atoms with Crippen molar-refractivity contribution in [2.75, 3.05) is 33.2 Å². The molecule has 2 fully saturated rings. The second-order valence-corrected chi connectivity index (χ2v) is 16.6. The zero-order chi connectivity index (χ0) is 38.7. The fourth-order valence-electron chi connectivity index (χ4n) is 6.75. The van der Waals surface area contributed by atoms with Gasteiger partial charge in [0.1, 0.15) is 34.6 Å². The largest absolute Gasteiger partial charge is 0.495 e. The van der Waals surface area contributed by atoms with Crippen molar-refractivity contribution in [2.24, 2.45) is 5.92 Å². The minimum absolute atomic E-state index is 0.200. The highest BCUT2D eigenvalue weighted by atomic mass is 35.5. The quantitative estimate of drug-likeness (QED) is 0.195. The van der Waals surface area contributed by atoms with Crippen LogP contribution in [0.5, 0.6) is 5.75 Å². The molecule has 1 N–H and O–H groups in total. The molecule has 0 aromatic heterocycles. The summed E-state index contributed by atoms with van der Waals surface area (Å²) in [5.41, 5.74) is 1.18. The number of rotatable bonds is 8. The van der Waals surface area contributed by atoms with Crippen molar-refractivity contribution < 1.29 is 42.9 Å². The third-order valence-corrected chi connectivity index (χ3v) is 11.0. The number of carbonyl (C=O) groups excluding carboxylic acids is 4. The van der Waals surface area contributed by atoms with Crippen LogP contribution in [0.1, 0.15) is 72.8 Å². The molecule has 0 saturated carbocycles. The Balaban J connectivity index is 1.72. The summed E-state index contributed by atoms with van der Waals surface area (Å²) in [7, 11) is 6.25. The monoisotopic (exact) mass is 763 g/mol. The van der Waals surface area contributed by atoms with Crippen LogP contribution in [0.15, 0.2) is 35.9 Å². The van der Waals surface area contributed by atoms with Crippen molar-refractivity contribution in [3.8, 4) is 5.75 Å². The van der Waals surface area contributed by atoms with Crippen molar-refractivity contribution in [3.63, 3.8) is 0 Å². The number of likely N-dealkylation sites (N-methyl/N-ethyl adjacent to an activating group) is 1. The van der Waals surface area contributed by atoms with Gasteiger partial charge in [0, 0.05) is 44.7 Å². The zero-order valence-corrected chi connectivity index (χ0v) is 33.5. The molecule has 3 aliphatic heterocycles. The Morgan fingerprint density at radius 1 is 1.25 bits per heavy atom. The summed E-state index contributed by atoms with van der Waals surface area (Å²) in [6.45, 7) is 11.1. The number of halogens is 1. The number of nitrogens with one attached hydrogen (secondary N) is 1. The van der Waals surface area contributed by atoms with Crippen LogP contribution in [0.25, 0.3) is 0 Å². The summed E-state index contributed by atoms with van der Waals surface area (Å²) in [5, 5.41) is 3.14. The zero-order valence-electron chi connectivity index (χ0n) is 31.9. The van der Waals surface area contributed by atoms with Gasteiger partial charge in [-0.05, 0) is 51.3 Å². The van der Waals surface area contributed by atoms with Gasteiger partial charge in [0.05, 0.1) is 37.5 Å². The lowest BCUT2D eigenvalue weighted by Gasteiger charge is -2.36. The molecule has 0 spiro atoms. The molecule has 3 amide bonds. The van der Waals surface area contributed by atoms with Crippen LogP contribution in [-0.2, 0) is 39.8 Å². The number of benzene rings is 1. The van der Waals surface area contributed by atoms with E-state index in [2.05, 4.69) is 17.9 Å². The number of amides is 3. The number of hydrogen-bond acceptors (Lipinski definition) is 10. The van der Waals surface area contributed by atoms with Crippen molar-refractivity contribution in [1.82, 2.24) is 10.2 Å². The predicted molar refractivity (Wildman–Crippen MR) is 202 cm³/mol. The number of hydrogen-bond donors (Lipinski definition) is 2. The third kappa shape index (κ3) is 9.83. The molecule has 1 aromatic rings. The molecule has 4 bridgehead atoms. The van der Waals surface area contributed by atoms with Crippen molar-refractivity contribution in [2.45, 2.75) is 120 Å². The Hall–Kier alpha value is -3.26. The van der Waals surface area contributed by atoms with Crippen molar-refractivity contribution >= 4 is 53.8 Å². The molecule has 0 radical (unpaired) electrons. The number of thiol groups is 1. The molecular weight excluding hydrogens is 710 g/mol. The Morgan fingerprint density at radius 3 is 2.58 bits per heavy atom. The van der Waals surface area contributed by atoms with E-state index >= 15 is 0 Å².